The third-order valence-corrected chi connectivity index (χ3v) is 10.0. The molecule has 3 N–H and O–H groups in total. The Morgan fingerprint density at radius 2 is 1.34 bits per heavy atom. The highest BCUT2D eigenvalue weighted by atomic mass is 16.1. The molecule has 3 aromatic heterocycles. The average Bonchev–Trinajstić information content (AvgIpc) is 3.84. The summed E-state index contributed by atoms with van der Waals surface area (Å²) in [5.74, 6) is 0.645. The van der Waals surface area contributed by atoms with Gasteiger partial charge in [0.1, 0.15) is 11.2 Å². The van der Waals surface area contributed by atoms with Crippen LogP contribution in [-0.2, 0) is 12.1 Å². The predicted molar refractivity (Wildman–Crippen MR) is 211 cm³/mol. The van der Waals surface area contributed by atoms with E-state index in [2.05, 4.69) is 124 Å². The molecule has 254 valence electrons. The lowest BCUT2D eigenvalue weighted by Crippen LogP contribution is -2.38. The second kappa shape index (κ2) is 13.3. The number of fused-ring (bicyclic) bond motifs is 2. The number of hydrogen-bond donors (Lipinski definition) is 2. The number of aromatic amines is 1. The monoisotopic (exact) mass is 686 g/mol. The number of benzene rings is 6. The lowest BCUT2D eigenvalue weighted by Gasteiger charge is -2.37. The number of H-pyrrole nitrogens is 1. The third-order valence-electron chi connectivity index (χ3n) is 10.0. The molecule has 0 fully saturated rings. The van der Waals surface area contributed by atoms with Crippen LogP contribution in [0.15, 0.2) is 170 Å². The molecule has 9 rings (SSSR count). The van der Waals surface area contributed by atoms with E-state index in [-0.39, 0.29) is 0 Å². The largest absolute Gasteiger partial charge is 0.337 e. The highest BCUT2D eigenvalue weighted by molar-refractivity contribution is 5.99. The number of aromatic nitrogens is 5. The Morgan fingerprint density at radius 3 is 2.00 bits per heavy atom. The van der Waals surface area contributed by atoms with Crippen LogP contribution < -0.4 is 5.73 Å². The predicted octanol–water partition coefficient (Wildman–Crippen LogP) is 9.42. The average molecular weight is 687 g/mol. The Kier molecular flexibility index (Phi) is 8.03. The van der Waals surface area contributed by atoms with Crippen molar-refractivity contribution >= 4 is 28.2 Å². The van der Waals surface area contributed by atoms with Crippen molar-refractivity contribution in [3.8, 4) is 33.8 Å². The molecular formula is C46H34N6O. The molecule has 0 saturated heterocycles. The highest BCUT2D eigenvalue weighted by Crippen LogP contribution is 2.44. The van der Waals surface area contributed by atoms with Gasteiger partial charge >= 0.3 is 0 Å². The fourth-order valence-corrected chi connectivity index (χ4v) is 7.56. The van der Waals surface area contributed by atoms with Gasteiger partial charge in [0.05, 0.1) is 16.6 Å². The van der Waals surface area contributed by atoms with Gasteiger partial charge in [0.2, 0.25) is 0 Å². The summed E-state index contributed by atoms with van der Waals surface area (Å²) >= 11 is 0. The molecule has 0 saturated carbocycles. The molecule has 0 aliphatic rings. The summed E-state index contributed by atoms with van der Waals surface area (Å²) in [6, 6.07) is 54.2. The van der Waals surface area contributed by atoms with Gasteiger partial charge in [-0.15, -0.1) is 0 Å². The molecule has 7 nitrogen and oxygen atoms in total. The van der Waals surface area contributed by atoms with Crippen LogP contribution in [0.1, 0.15) is 32.6 Å². The van der Waals surface area contributed by atoms with Gasteiger partial charge < -0.3 is 10.7 Å². The Labute approximate surface area is 306 Å². The summed E-state index contributed by atoms with van der Waals surface area (Å²) in [4.78, 5) is 25.0. The number of carbonyl (C=O) groups is 1. The van der Waals surface area contributed by atoms with Crippen LogP contribution in [0.3, 0.4) is 0 Å². The number of rotatable bonds is 9. The van der Waals surface area contributed by atoms with Crippen LogP contribution in [0.5, 0.6) is 0 Å². The minimum atomic E-state index is -0.860. The van der Waals surface area contributed by atoms with Crippen LogP contribution >= 0.6 is 0 Å². The topological polar surface area (TPSA) is 102 Å². The van der Waals surface area contributed by atoms with E-state index in [1.54, 1.807) is 12.4 Å². The number of carbonyl (C=O) groups excluding carboxylic acids is 1. The van der Waals surface area contributed by atoms with Crippen molar-refractivity contribution in [3.63, 3.8) is 0 Å². The quantitative estimate of drug-likeness (QED) is 0.116. The molecule has 0 bridgehead atoms. The number of imidazole rings is 1. The second-order valence-electron chi connectivity index (χ2n) is 13.1. The summed E-state index contributed by atoms with van der Waals surface area (Å²) < 4.78 is 2.15. The van der Waals surface area contributed by atoms with E-state index in [1.165, 1.54) is 0 Å². The smallest absolute Gasteiger partial charge is 0.159 e. The molecule has 0 aliphatic heterocycles. The van der Waals surface area contributed by atoms with Crippen molar-refractivity contribution in [2.45, 2.75) is 12.1 Å². The summed E-state index contributed by atoms with van der Waals surface area (Å²) in [5, 5.41) is 6.49. The number of nitrogens with one attached hydrogen (secondary N) is 1. The number of para-hydroxylation sites is 1. The molecule has 9 aromatic rings. The number of aldehydes is 1. The Balaban J connectivity index is 1.37. The van der Waals surface area contributed by atoms with Gasteiger partial charge in [-0.1, -0.05) is 127 Å². The van der Waals surface area contributed by atoms with Crippen molar-refractivity contribution in [2.24, 2.45) is 5.73 Å². The Hall–Kier alpha value is -6.96. The standard InChI is InChI=1S/C46H34N6O/c47-27-31-12-10-13-34(24-31)39-20-11-21-41-43(39)50-45(49-41)44-40-26-33(35-25-32(30-53)28-48-29-35)22-23-42(40)52(51-44)46(36-14-4-1-5-15-36,37-16-6-2-7-17-37)38-18-8-3-9-19-38/h1-26,28-30H,27,47H2,(H,49,50). The zero-order valence-corrected chi connectivity index (χ0v) is 28.7. The highest BCUT2D eigenvalue weighted by Gasteiger charge is 2.41. The first-order valence-electron chi connectivity index (χ1n) is 17.6. The van der Waals surface area contributed by atoms with E-state index < -0.39 is 5.54 Å². The van der Waals surface area contributed by atoms with E-state index >= 15 is 0 Å². The third kappa shape index (κ3) is 5.42. The van der Waals surface area contributed by atoms with Gasteiger partial charge in [-0.2, -0.15) is 5.10 Å². The Morgan fingerprint density at radius 1 is 0.660 bits per heavy atom. The molecule has 0 amide bonds. The minimum Gasteiger partial charge on any atom is -0.337 e. The summed E-state index contributed by atoms with van der Waals surface area (Å²) in [6.45, 7) is 0.457. The lowest BCUT2D eigenvalue weighted by atomic mass is 9.77. The number of hydrogen-bond acceptors (Lipinski definition) is 5. The van der Waals surface area contributed by atoms with Crippen molar-refractivity contribution in [1.82, 2.24) is 24.7 Å². The van der Waals surface area contributed by atoms with Crippen molar-refractivity contribution in [2.75, 3.05) is 0 Å². The fourth-order valence-electron chi connectivity index (χ4n) is 7.56. The molecule has 0 atom stereocenters. The SMILES string of the molecule is NCc1cccc(-c2cccc3[nH]c(-c4nn(C(c5ccccc5)(c5ccccc5)c5ccccc5)c5ccc(-c6cncc(C=O)c6)cc45)nc23)c1. The maximum Gasteiger partial charge on any atom is 0.159 e. The molecule has 0 aliphatic carbocycles. The van der Waals surface area contributed by atoms with Gasteiger partial charge in [0.15, 0.2) is 12.1 Å². The Bertz CT molecular complexity index is 2640. The van der Waals surface area contributed by atoms with Crippen LogP contribution in [-0.4, -0.2) is 31.0 Å². The van der Waals surface area contributed by atoms with E-state index in [1.807, 2.05) is 48.5 Å². The van der Waals surface area contributed by atoms with E-state index in [0.29, 0.717) is 23.6 Å². The molecule has 53 heavy (non-hydrogen) atoms. The van der Waals surface area contributed by atoms with Crippen LogP contribution in [0.4, 0.5) is 0 Å². The summed E-state index contributed by atoms with van der Waals surface area (Å²) in [6.07, 6.45) is 4.17. The lowest BCUT2D eigenvalue weighted by molar-refractivity contribution is 0.112. The van der Waals surface area contributed by atoms with E-state index in [9.17, 15) is 4.79 Å². The molecule has 3 heterocycles. The molecule has 0 unspecified atom stereocenters. The first-order chi connectivity index (χ1) is 26.2. The van der Waals surface area contributed by atoms with Crippen LogP contribution in [0.2, 0.25) is 0 Å². The molecule has 7 heteroatoms. The first kappa shape index (κ1) is 32.0. The van der Waals surface area contributed by atoms with Gasteiger partial charge in [0.25, 0.3) is 0 Å². The van der Waals surface area contributed by atoms with Gasteiger partial charge in [-0.25, -0.2) is 9.67 Å². The molecule has 0 spiro atoms. The van der Waals surface area contributed by atoms with Crippen molar-refractivity contribution in [3.05, 3.63) is 198 Å². The fraction of sp³-hybridized carbons (Fsp3) is 0.0435. The molecule has 0 radical (unpaired) electrons. The zero-order chi connectivity index (χ0) is 35.8. The van der Waals surface area contributed by atoms with Gasteiger partial charge in [-0.3, -0.25) is 9.78 Å². The normalized spacial score (nSPS) is 11.6. The minimum absolute atomic E-state index is 0.457. The molecule has 6 aromatic carbocycles. The van der Waals surface area contributed by atoms with E-state index in [0.717, 1.165) is 72.7 Å². The van der Waals surface area contributed by atoms with Gasteiger partial charge in [0, 0.05) is 41.0 Å². The number of nitrogens with two attached hydrogens (primary N) is 1. The van der Waals surface area contributed by atoms with E-state index in [4.69, 9.17) is 15.8 Å². The molecular weight excluding hydrogens is 653 g/mol. The van der Waals surface area contributed by atoms with Crippen LogP contribution in [0, 0.1) is 0 Å². The maximum absolute atomic E-state index is 11.7. The van der Waals surface area contributed by atoms with Crippen molar-refractivity contribution in [1.29, 1.82) is 0 Å². The second-order valence-corrected chi connectivity index (χ2v) is 13.1. The number of nitrogens with zero attached hydrogens (tertiary/aromatic N) is 4. The summed E-state index contributed by atoms with van der Waals surface area (Å²) in [7, 11) is 0. The van der Waals surface area contributed by atoms with Crippen LogP contribution in [0.25, 0.3) is 55.7 Å². The van der Waals surface area contributed by atoms with Gasteiger partial charge in [-0.05, 0) is 63.7 Å². The zero-order valence-electron chi connectivity index (χ0n) is 28.7. The maximum atomic E-state index is 11.7. The number of pyridine rings is 1. The first-order valence-corrected chi connectivity index (χ1v) is 17.6. The van der Waals surface area contributed by atoms with Crippen molar-refractivity contribution < 1.29 is 4.79 Å². The summed E-state index contributed by atoms with van der Waals surface area (Å²) in [5.41, 5.74) is 17.1.